The molecule has 0 saturated carbocycles. The summed E-state index contributed by atoms with van der Waals surface area (Å²) in [5.41, 5.74) is 0.749. The number of halogens is 1. The Morgan fingerprint density at radius 1 is 1.17 bits per heavy atom. The Balaban J connectivity index is 1.33. The van der Waals surface area contributed by atoms with Crippen LogP contribution in [0.25, 0.3) is 22.4 Å². The van der Waals surface area contributed by atoms with Crippen LogP contribution in [0.3, 0.4) is 0 Å². The van der Waals surface area contributed by atoms with Gasteiger partial charge in [-0.2, -0.15) is 9.29 Å². The first kappa shape index (κ1) is 23.9. The predicted molar refractivity (Wildman–Crippen MR) is 127 cm³/mol. The molecule has 0 spiro atoms. The van der Waals surface area contributed by atoms with Crippen molar-refractivity contribution in [3.8, 4) is 17.3 Å². The first-order chi connectivity index (χ1) is 17.3. The molecule has 1 fully saturated rings. The first-order valence-electron chi connectivity index (χ1n) is 11.2. The molecule has 2 aromatic heterocycles. The minimum absolute atomic E-state index is 0.00457. The summed E-state index contributed by atoms with van der Waals surface area (Å²) in [5, 5.41) is 4.59. The number of methoxy groups -OCH3 is 2. The van der Waals surface area contributed by atoms with Gasteiger partial charge in [-0.15, -0.1) is 0 Å². The number of benzene rings is 2. The van der Waals surface area contributed by atoms with Crippen molar-refractivity contribution in [1.29, 1.82) is 0 Å². The summed E-state index contributed by atoms with van der Waals surface area (Å²) in [5.74, 6) is -0.128. The molecule has 2 aromatic carbocycles. The Bertz CT molecular complexity index is 1540. The van der Waals surface area contributed by atoms with Gasteiger partial charge >= 0.3 is 5.97 Å². The lowest BCUT2D eigenvalue weighted by atomic mass is 9.98. The van der Waals surface area contributed by atoms with Gasteiger partial charge in [-0.25, -0.2) is 17.6 Å². The van der Waals surface area contributed by atoms with Crippen molar-refractivity contribution in [2.45, 2.75) is 23.7 Å². The van der Waals surface area contributed by atoms with Crippen LogP contribution in [0, 0.1) is 5.82 Å². The van der Waals surface area contributed by atoms with E-state index in [4.69, 9.17) is 14.0 Å². The van der Waals surface area contributed by atoms with Crippen LogP contribution in [0.2, 0.25) is 0 Å². The predicted octanol–water partition coefficient (Wildman–Crippen LogP) is 3.72. The molecule has 1 saturated heterocycles. The number of aromatic amines is 1. The van der Waals surface area contributed by atoms with Gasteiger partial charge in [0.2, 0.25) is 21.7 Å². The second-order valence-electron chi connectivity index (χ2n) is 8.34. The summed E-state index contributed by atoms with van der Waals surface area (Å²) in [6.45, 7) is 0.435. The van der Waals surface area contributed by atoms with E-state index < -0.39 is 21.8 Å². The lowest BCUT2D eigenvalue weighted by Gasteiger charge is -2.30. The highest BCUT2D eigenvalue weighted by molar-refractivity contribution is 7.89. The highest BCUT2D eigenvalue weighted by Crippen LogP contribution is 2.34. The monoisotopic (exact) mass is 514 g/mol. The fourth-order valence-electron chi connectivity index (χ4n) is 4.42. The van der Waals surface area contributed by atoms with Crippen LogP contribution >= 0.6 is 0 Å². The highest BCUT2D eigenvalue weighted by atomic mass is 32.2. The van der Waals surface area contributed by atoms with Crippen LogP contribution in [-0.4, -0.2) is 61.1 Å². The van der Waals surface area contributed by atoms with Crippen molar-refractivity contribution in [3.63, 3.8) is 0 Å². The number of piperidine rings is 1. The summed E-state index contributed by atoms with van der Waals surface area (Å²) < 4.78 is 57.6. The Morgan fingerprint density at radius 3 is 2.64 bits per heavy atom. The van der Waals surface area contributed by atoms with E-state index in [1.165, 1.54) is 36.7 Å². The van der Waals surface area contributed by atoms with Crippen molar-refractivity contribution in [3.05, 3.63) is 59.7 Å². The minimum Gasteiger partial charge on any atom is -0.496 e. The van der Waals surface area contributed by atoms with Gasteiger partial charge in [0, 0.05) is 24.4 Å². The van der Waals surface area contributed by atoms with Gasteiger partial charge in [-0.05, 0) is 43.2 Å². The van der Waals surface area contributed by atoms with E-state index in [0.717, 1.165) is 0 Å². The summed E-state index contributed by atoms with van der Waals surface area (Å²) in [7, 11) is -1.19. The normalized spacial score (nSPS) is 15.3. The Labute approximate surface area is 206 Å². The zero-order valence-corrected chi connectivity index (χ0v) is 20.3. The smallest absolute Gasteiger partial charge is 0.339 e. The van der Waals surface area contributed by atoms with Crippen LogP contribution in [0.15, 0.2) is 51.9 Å². The summed E-state index contributed by atoms with van der Waals surface area (Å²) in [6.07, 6.45) is 0.910. The molecule has 0 aliphatic carbocycles. The third-order valence-electron chi connectivity index (χ3n) is 6.32. The maximum atomic E-state index is 14.2. The van der Waals surface area contributed by atoms with Gasteiger partial charge in [-0.1, -0.05) is 17.3 Å². The molecule has 0 unspecified atom stereocenters. The largest absolute Gasteiger partial charge is 0.496 e. The molecule has 10 nitrogen and oxygen atoms in total. The summed E-state index contributed by atoms with van der Waals surface area (Å²) >= 11 is 0. The van der Waals surface area contributed by atoms with Crippen LogP contribution in [-0.2, 0) is 14.8 Å². The van der Waals surface area contributed by atoms with E-state index in [1.807, 2.05) is 0 Å². The number of hydrogen-bond acceptors (Lipinski definition) is 8. The van der Waals surface area contributed by atoms with Crippen LogP contribution < -0.4 is 4.74 Å². The van der Waals surface area contributed by atoms with Crippen molar-refractivity contribution in [1.82, 2.24) is 19.4 Å². The van der Waals surface area contributed by atoms with Crippen molar-refractivity contribution < 1.29 is 31.6 Å². The number of carbonyl (C=O) groups is 1. The van der Waals surface area contributed by atoms with Crippen molar-refractivity contribution in [2.24, 2.45) is 0 Å². The molecule has 188 valence electrons. The molecule has 0 atom stereocenters. The van der Waals surface area contributed by atoms with E-state index in [2.05, 4.69) is 15.1 Å². The number of esters is 1. The van der Waals surface area contributed by atoms with Crippen LogP contribution in [0.1, 0.15) is 35.0 Å². The number of nitrogens with zero attached hydrogens (tertiary/aromatic N) is 3. The number of nitrogens with one attached hydrogen (secondary N) is 1. The zero-order valence-electron chi connectivity index (χ0n) is 19.5. The molecule has 36 heavy (non-hydrogen) atoms. The van der Waals surface area contributed by atoms with Gasteiger partial charge in [-0.3, -0.25) is 0 Å². The number of H-pyrrole nitrogens is 1. The number of carbonyl (C=O) groups excluding carboxylic acids is 1. The maximum absolute atomic E-state index is 14.2. The summed E-state index contributed by atoms with van der Waals surface area (Å²) in [6, 6.07) is 10.5. The molecule has 1 aliphatic heterocycles. The first-order valence-corrected chi connectivity index (χ1v) is 12.6. The SMILES string of the molecule is COC(=O)c1ccccc1S(=O)(=O)N1CCC(c2nc(-c3cc4c(OC)ccc(F)c4[nH]3)no2)CC1. The molecule has 0 amide bonds. The number of sulfonamides is 1. The molecular weight excluding hydrogens is 491 g/mol. The van der Waals surface area contributed by atoms with Gasteiger partial charge in [0.05, 0.1) is 35.9 Å². The van der Waals surface area contributed by atoms with E-state index in [0.29, 0.717) is 35.6 Å². The molecule has 1 aliphatic rings. The Morgan fingerprint density at radius 2 is 1.92 bits per heavy atom. The maximum Gasteiger partial charge on any atom is 0.339 e. The average molecular weight is 515 g/mol. The third kappa shape index (κ3) is 4.11. The van der Waals surface area contributed by atoms with E-state index in [1.54, 1.807) is 24.3 Å². The summed E-state index contributed by atoms with van der Waals surface area (Å²) in [4.78, 5) is 19.4. The topological polar surface area (TPSA) is 128 Å². The van der Waals surface area contributed by atoms with Crippen molar-refractivity contribution in [2.75, 3.05) is 27.3 Å². The fraction of sp³-hybridized carbons (Fsp3) is 0.292. The lowest BCUT2D eigenvalue weighted by Crippen LogP contribution is -2.38. The lowest BCUT2D eigenvalue weighted by molar-refractivity contribution is 0.0596. The number of fused-ring (bicyclic) bond motifs is 1. The third-order valence-corrected chi connectivity index (χ3v) is 8.28. The second kappa shape index (κ2) is 9.36. The fourth-order valence-corrected chi connectivity index (χ4v) is 6.07. The van der Waals surface area contributed by atoms with Crippen molar-refractivity contribution >= 4 is 26.9 Å². The zero-order chi connectivity index (χ0) is 25.4. The molecule has 12 heteroatoms. The van der Waals surface area contributed by atoms with Gasteiger partial charge in [0.25, 0.3) is 0 Å². The van der Waals surface area contributed by atoms with Gasteiger partial charge in [0.15, 0.2) is 0 Å². The highest BCUT2D eigenvalue weighted by Gasteiger charge is 2.34. The van der Waals surface area contributed by atoms with E-state index in [9.17, 15) is 17.6 Å². The quantitative estimate of drug-likeness (QED) is 0.386. The molecule has 4 aromatic rings. The molecule has 5 rings (SSSR count). The van der Waals surface area contributed by atoms with Gasteiger partial charge < -0.3 is 19.0 Å². The number of ether oxygens (including phenoxy) is 2. The molecule has 0 bridgehead atoms. The van der Waals surface area contributed by atoms with Crippen LogP contribution in [0.5, 0.6) is 5.75 Å². The molecule has 0 radical (unpaired) electrons. The molecule has 1 N–H and O–H groups in total. The minimum atomic E-state index is -3.90. The Kier molecular flexibility index (Phi) is 6.22. The molecular formula is C24H23FN4O6S. The number of rotatable bonds is 6. The average Bonchev–Trinajstić information content (AvgIpc) is 3.57. The van der Waals surface area contributed by atoms with Crippen LogP contribution in [0.4, 0.5) is 4.39 Å². The number of aromatic nitrogens is 3. The van der Waals surface area contributed by atoms with Gasteiger partial charge in [0.1, 0.15) is 11.6 Å². The number of hydrogen-bond donors (Lipinski definition) is 1. The second-order valence-corrected chi connectivity index (χ2v) is 10.3. The Hall–Kier alpha value is -3.77. The molecule has 3 heterocycles. The standard InChI is InChI=1S/C24H23FN4O6S/c1-33-19-8-7-17(25)21-16(19)13-18(26-21)22-27-23(35-28-22)14-9-11-29(12-10-14)36(31,32)20-6-4-3-5-15(20)24(30)34-2/h3-8,13-14,26H,9-12H2,1-2H3. The van der Waals surface area contributed by atoms with E-state index in [-0.39, 0.29) is 40.8 Å². The van der Waals surface area contributed by atoms with E-state index >= 15 is 0 Å².